The normalized spacial score (nSPS) is 23.0. The summed E-state index contributed by atoms with van der Waals surface area (Å²) in [6.45, 7) is 5.66. The maximum atomic E-state index is 12.7. The van der Waals surface area contributed by atoms with E-state index in [9.17, 15) is 9.59 Å². The highest BCUT2D eigenvalue weighted by Crippen LogP contribution is 2.38. The summed E-state index contributed by atoms with van der Waals surface area (Å²) in [6.07, 6.45) is 3.31. The number of nitrogens with zero attached hydrogens (tertiary/aromatic N) is 3. The van der Waals surface area contributed by atoms with Gasteiger partial charge in [-0.1, -0.05) is 11.6 Å². The number of halogens is 1. The Hall–Kier alpha value is -2.61. The van der Waals surface area contributed by atoms with E-state index in [0.29, 0.717) is 16.5 Å². The third-order valence-electron chi connectivity index (χ3n) is 5.73. The Morgan fingerprint density at radius 1 is 1.16 bits per heavy atom. The number of carbonyl (C=O) groups is 2. The molecule has 3 atom stereocenters. The standard InChI is InChI=1S/C22H27ClN4O4/c1-22(2,3)31-21(29)27-13-5-6-14(27)10-12(9-13)24-19-15-7-8-16(20(28)30-4)25-17(15)11-18(23)26-19/h7-8,11-14H,5-6,9-10H2,1-4H3,(H,24,26)/t12-,13-,14+. The van der Waals surface area contributed by atoms with Gasteiger partial charge in [0.25, 0.3) is 0 Å². The molecule has 0 spiro atoms. The molecule has 8 nitrogen and oxygen atoms in total. The van der Waals surface area contributed by atoms with Crippen molar-refractivity contribution >= 4 is 40.4 Å². The highest BCUT2D eigenvalue weighted by molar-refractivity contribution is 6.30. The second-order valence-corrected chi connectivity index (χ2v) is 9.52. The molecule has 2 aliphatic rings. The summed E-state index contributed by atoms with van der Waals surface area (Å²) in [5.41, 5.74) is 0.275. The van der Waals surface area contributed by atoms with E-state index in [0.717, 1.165) is 31.1 Å². The van der Waals surface area contributed by atoms with Crippen LogP contribution in [0.4, 0.5) is 10.6 Å². The van der Waals surface area contributed by atoms with Crippen LogP contribution < -0.4 is 5.32 Å². The number of hydrogen-bond donors (Lipinski definition) is 1. The fourth-order valence-electron chi connectivity index (χ4n) is 4.53. The molecule has 0 aromatic carbocycles. The van der Waals surface area contributed by atoms with Crippen molar-refractivity contribution < 1.29 is 19.1 Å². The van der Waals surface area contributed by atoms with Gasteiger partial charge in [0.05, 0.1) is 12.6 Å². The van der Waals surface area contributed by atoms with Gasteiger partial charge in [-0.25, -0.2) is 19.6 Å². The Morgan fingerprint density at radius 3 is 2.45 bits per heavy atom. The van der Waals surface area contributed by atoms with Crippen molar-refractivity contribution in [3.8, 4) is 0 Å². The minimum absolute atomic E-state index is 0.139. The summed E-state index contributed by atoms with van der Waals surface area (Å²) in [5.74, 6) is 0.122. The number of aromatic nitrogens is 2. The number of rotatable bonds is 3. The molecular formula is C22H27ClN4O4. The van der Waals surface area contributed by atoms with Crippen molar-refractivity contribution in [3.05, 3.63) is 29.0 Å². The fourth-order valence-corrected chi connectivity index (χ4v) is 4.71. The lowest BCUT2D eigenvalue weighted by atomic mass is 9.97. The Kier molecular flexibility index (Phi) is 5.68. The predicted octanol–water partition coefficient (Wildman–Crippen LogP) is 4.41. The molecule has 0 aliphatic carbocycles. The number of pyridine rings is 2. The molecule has 4 heterocycles. The summed E-state index contributed by atoms with van der Waals surface area (Å²) in [7, 11) is 1.32. The number of piperidine rings is 1. The average Bonchev–Trinajstić information content (AvgIpc) is 2.96. The van der Waals surface area contributed by atoms with Crippen LogP contribution in [0.2, 0.25) is 5.15 Å². The van der Waals surface area contributed by atoms with Crippen molar-refractivity contribution in [1.82, 2.24) is 14.9 Å². The number of carbonyl (C=O) groups excluding carboxylic acids is 2. The second-order valence-electron chi connectivity index (χ2n) is 9.13. The zero-order valence-electron chi connectivity index (χ0n) is 18.1. The van der Waals surface area contributed by atoms with Gasteiger partial charge in [0.15, 0.2) is 0 Å². The van der Waals surface area contributed by atoms with E-state index in [4.69, 9.17) is 21.1 Å². The Balaban J connectivity index is 1.53. The van der Waals surface area contributed by atoms with Crippen molar-refractivity contribution in [2.24, 2.45) is 0 Å². The molecule has 2 aliphatic heterocycles. The van der Waals surface area contributed by atoms with Crippen LogP contribution in [0.15, 0.2) is 18.2 Å². The molecule has 4 rings (SSSR count). The fraction of sp³-hybridized carbons (Fsp3) is 0.545. The molecule has 166 valence electrons. The number of fused-ring (bicyclic) bond motifs is 3. The van der Waals surface area contributed by atoms with Gasteiger partial charge in [0.1, 0.15) is 22.3 Å². The number of methoxy groups -OCH3 is 1. The summed E-state index contributed by atoms with van der Waals surface area (Å²) in [5, 5.41) is 4.57. The minimum Gasteiger partial charge on any atom is -0.464 e. The molecule has 2 aromatic heterocycles. The van der Waals surface area contributed by atoms with E-state index in [1.54, 1.807) is 18.2 Å². The molecule has 2 saturated heterocycles. The molecule has 1 amide bonds. The third-order valence-corrected chi connectivity index (χ3v) is 5.92. The lowest BCUT2D eigenvalue weighted by molar-refractivity contribution is 0.00681. The van der Waals surface area contributed by atoms with Crippen LogP contribution in [0.25, 0.3) is 10.9 Å². The Bertz CT molecular complexity index is 1010. The van der Waals surface area contributed by atoms with E-state index < -0.39 is 11.6 Å². The number of esters is 1. The average molecular weight is 447 g/mol. The maximum absolute atomic E-state index is 12.7. The van der Waals surface area contributed by atoms with Gasteiger partial charge in [-0.2, -0.15) is 0 Å². The van der Waals surface area contributed by atoms with Crippen LogP contribution in [0.1, 0.15) is 56.9 Å². The van der Waals surface area contributed by atoms with Gasteiger partial charge in [-0.05, 0) is 58.6 Å². The molecular weight excluding hydrogens is 420 g/mol. The maximum Gasteiger partial charge on any atom is 0.410 e. The summed E-state index contributed by atoms with van der Waals surface area (Å²) >= 11 is 6.23. The van der Waals surface area contributed by atoms with Gasteiger partial charge in [-0.15, -0.1) is 0 Å². The van der Waals surface area contributed by atoms with Gasteiger partial charge in [0.2, 0.25) is 0 Å². The first kappa shape index (κ1) is 21.6. The van der Waals surface area contributed by atoms with Crippen LogP contribution in [0.3, 0.4) is 0 Å². The van der Waals surface area contributed by atoms with E-state index in [1.165, 1.54) is 7.11 Å². The van der Waals surface area contributed by atoms with Gasteiger partial charge in [-0.3, -0.25) is 0 Å². The monoisotopic (exact) mass is 446 g/mol. The number of nitrogens with one attached hydrogen (secondary N) is 1. The van der Waals surface area contributed by atoms with Gasteiger partial charge < -0.3 is 19.7 Å². The highest BCUT2D eigenvalue weighted by atomic mass is 35.5. The molecule has 9 heteroatoms. The largest absolute Gasteiger partial charge is 0.464 e. The molecule has 0 radical (unpaired) electrons. The topological polar surface area (TPSA) is 93.7 Å². The zero-order valence-corrected chi connectivity index (χ0v) is 18.9. The van der Waals surface area contributed by atoms with Crippen molar-refractivity contribution in [3.63, 3.8) is 0 Å². The first-order chi connectivity index (χ1) is 14.6. The van der Waals surface area contributed by atoms with E-state index in [1.807, 2.05) is 25.7 Å². The van der Waals surface area contributed by atoms with Gasteiger partial charge >= 0.3 is 12.1 Å². The Morgan fingerprint density at radius 2 is 1.84 bits per heavy atom. The first-order valence-corrected chi connectivity index (χ1v) is 10.9. The van der Waals surface area contributed by atoms with E-state index in [-0.39, 0.29) is 29.9 Å². The summed E-state index contributed by atoms with van der Waals surface area (Å²) in [4.78, 5) is 35.2. The number of ether oxygens (including phenoxy) is 2. The second kappa shape index (κ2) is 8.15. The SMILES string of the molecule is COC(=O)c1ccc2c(N[C@@H]3C[C@H]4CC[C@@H](C3)N4C(=O)OC(C)(C)C)nc(Cl)cc2n1. The van der Waals surface area contributed by atoms with Crippen LogP contribution in [0.5, 0.6) is 0 Å². The lowest BCUT2D eigenvalue weighted by Crippen LogP contribution is -2.51. The highest BCUT2D eigenvalue weighted by Gasteiger charge is 2.45. The molecule has 0 unspecified atom stereocenters. The Labute approximate surface area is 186 Å². The van der Waals surface area contributed by atoms with Crippen LogP contribution in [0, 0.1) is 0 Å². The van der Waals surface area contributed by atoms with Gasteiger partial charge in [0, 0.05) is 29.6 Å². The van der Waals surface area contributed by atoms with Crippen LogP contribution >= 0.6 is 11.6 Å². The van der Waals surface area contributed by atoms with Crippen molar-refractivity contribution in [2.75, 3.05) is 12.4 Å². The molecule has 2 aromatic rings. The lowest BCUT2D eigenvalue weighted by Gasteiger charge is -2.39. The predicted molar refractivity (Wildman–Crippen MR) is 117 cm³/mol. The quantitative estimate of drug-likeness (QED) is 0.551. The molecule has 2 fully saturated rings. The number of hydrogen-bond acceptors (Lipinski definition) is 7. The number of amides is 1. The molecule has 31 heavy (non-hydrogen) atoms. The van der Waals surface area contributed by atoms with E-state index in [2.05, 4.69) is 15.3 Å². The smallest absolute Gasteiger partial charge is 0.410 e. The summed E-state index contributed by atoms with van der Waals surface area (Å²) < 4.78 is 10.4. The van der Waals surface area contributed by atoms with Crippen molar-refractivity contribution in [2.45, 2.75) is 70.2 Å². The third kappa shape index (κ3) is 4.54. The molecule has 2 bridgehead atoms. The first-order valence-electron chi connectivity index (χ1n) is 10.5. The van der Waals surface area contributed by atoms with Crippen LogP contribution in [-0.4, -0.2) is 57.8 Å². The summed E-state index contributed by atoms with van der Waals surface area (Å²) in [6, 6.07) is 5.46. The molecule has 0 saturated carbocycles. The minimum atomic E-state index is -0.509. The van der Waals surface area contributed by atoms with Crippen LogP contribution in [-0.2, 0) is 9.47 Å². The zero-order chi connectivity index (χ0) is 22.3. The number of anilines is 1. The van der Waals surface area contributed by atoms with Crippen molar-refractivity contribution in [1.29, 1.82) is 0 Å². The van der Waals surface area contributed by atoms with E-state index >= 15 is 0 Å². The molecule has 1 N–H and O–H groups in total.